The molecule has 31 heavy (non-hydrogen) atoms. The van der Waals surface area contributed by atoms with Crippen LogP contribution < -0.4 is 5.32 Å². The first-order chi connectivity index (χ1) is 15.0. The first kappa shape index (κ1) is 20.9. The number of halogens is 1. The molecule has 1 aliphatic carbocycles. The lowest BCUT2D eigenvalue weighted by Crippen LogP contribution is -2.13. The number of aromatic nitrogens is 1. The molecule has 2 aromatic heterocycles. The molecule has 4 rings (SSSR count). The van der Waals surface area contributed by atoms with E-state index in [1.807, 2.05) is 54.1 Å². The Morgan fingerprint density at radius 3 is 2.81 bits per heavy atom. The van der Waals surface area contributed by atoms with Crippen LogP contribution in [-0.2, 0) is 17.6 Å². The predicted octanol–water partition coefficient (Wildman–Crippen LogP) is 5.80. The number of nitrogens with zero attached hydrogens (tertiary/aromatic N) is 3. The summed E-state index contributed by atoms with van der Waals surface area (Å²) in [4.78, 5) is 14.0. The van der Waals surface area contributed by atoms with E-state index < -0.39 is 5.91 Å². The molecule has 7 heteroatoms. The molecule has 5 nitrogen and oxygen atoms in total. The van der Waals surface area contributed by atoms with Gasteiger partial charge >= 0.3 is 0 Å². The molecular formula is C24H19ClN4OS. The van der Waals surface area contributed by atoms with Crippen LogP contribution in [-0.4, -0.2) is 10.5 Å². The van der Waals surface area contributed by atoms with E-state index >= 15 is 0 Å². The molecule has 0 bridgehead atoms. The standard InChI is InChI=1S/C24H19ClN4OS/c1-15-8-9-18(12-21(15)25)29-10-4-5-17(29)11-16(13-26)23(30)28-24-20(14-27)19-6-2-3-7-22(19)31-24/h4-5,8-12H,2-3,6-7H2,1H3,(H,28,30)/b16-11+. The van der Waals surface area contributed by atoms with Gasteiger partial charge in [-0.05, 0) is 74.1 Å². The van der Waals surface area contributed by atoms with Gasteiger partial charge in [-0.25, -0.2) is 0 Å². The predicted molar refractivity (Wildman–Crippen MR) is 123 cm³/mol. The van der Waals surface area contributed by atoms with Crippen LogP contribution in [0.5, 0.6) is 0 Å². The minimum absolute atomic E-state index is 0.0339. The number of amides is 1. The van der Waals surface area contributed by atoms with Crippen molar-refractivity contribution in [2.75, 3.05) is 5.32 Å². The van der Waals surface area contributed by atoms with Gasteiger partial charge in [0.15, 0.2) is 0 Å². The lowest BCUT2D eigenvalue weighted by Gasteiger charge is -2.09. The van der Waals surface area contributed by atoms with Gasteiger partial charge in [0.2, 0.25) is 0 Å². The molecule has 1 aliphatic rings. The van der Waals surface area contributed by atoms with E-state index in [4.69, 9.17) is 11.6 Å². The molecule has 0 spiro atoms. The highest BCUT2D eigenvalue weighted by atomic mass is 35.5. The summed E-state index contributed by atoms with van der Waals surface area (Å²) >= 11 is 7.70. The van der Waals surface area contributed by atoms with Gasteiger partial charge in [-0.3, -0.25) is 4.79 Å². The average Bonchev–Trinajstić information content (AvgIpc) is 3.37. The third kappa shape index (κ3) is 4.14. The Morgan fingerprint density at radius 2 is 2.06 bits per heavy atom. The minimum atomic E-state index is -0.521. The molecule has 0 saturated carbocycles. The van der Waals surface area contributed by atoms with Crippen molar-refractivity contribution in [3.8, 4) is 17.8 Å². The van der Waals surface area contributed by atoms with E-state index in [9.17, 15) is 15.3 Å². The van der Waals surface area contributed by atoms with Crippen LogP contribution in [0.2, 0.25) is 5.02 Å². The first-order valence-electron chi connectivity index (χ1n) is 9.93. The fourth-order valence-corrected chi connectivity index (χ4v) is 5.13. The van der Waals surface area contributed by atoms with Gasteiger partial charge in [0, 0.05) is 27.5 Å². The molecule has 0 aliphatic heterocycles. The van der Waals surface area contributed by atoms with Gasteiger partial charge in [0.25, 0.3) is 5.91 Å². The highest BCUT2D eigenvalue weighted by molar-refractivity contribution is 7.16. The van der Waals surface area contributed by atoms with Crippen molar-refractivity contribution >= 4 is 39.9 Å². The Morgan fingerprint density at radius 1 is 1.26 bits per heavy atom. The Balaban J connectivity index is 1.64. The molecule has 0 fully saturated rings. The van der Waals surface area contributed by atoms with E-state index in [0.717, 1.165) is 47.4 Å². The maximum Gasteiger partial charge on any atom is 0.267 e. The van der Waals surface area contributed by atoms with Gasteiger partial charge in [0.05, 0.1) is 5.56 Å². The second-order valence-electron chi connectivity index (χ2n) is 7.39. The van der Waals surface area contributed by atoms with E-state index in [2.05, 4.69) is 11.4 Å². The smallest absolute Gasteiger partial charge is 0.267 e. The quantitative estimate of drug-likeness (QED) is 0.406. The monoisotopic (exact) mass is 446 g/mol. The molecule has 154 valence electrons. The molecule has 3 aromatic rings. The van der Waals surface area contributed by atoms with E-state index in [1.165, 1.54) is 11.3 Å². The Kier molecular flexibility index (Phi) is 5.95. The largest absolute Gasteiger partial charge is 0.317 e. The fourth-order valence-electron chi connectivity index (χ4n) is 3.72. The molecule has 2 heterocycles. The van der Waals surface area contributed by atoms with Crippen LogP contribution in [0.15, 0.2) is 42.1 Å². The van der Waals surface area contributed by atoms with Crippen molar-refractivity contribution in [1.82, 2.24) is 4.57 Å². The third-order valence-electron chi connectivity index (χ3n) is 5.38. The molecule has 1 amide bonds. The SMILES string of the molecule is Cc1ccc(-n2cccc2/C=C(\C#N)C(=O)Nc2sc3c(c2C#N)CCCC3)cc1Cl. The summed E-state index contributed by atoms with van der Waals surface area (Å²) in [5, 5.41) is 23.2. The molecular weight excluding hydrogens is 428 g/mol. The average molecular weight is 447 g/mol. The lowest BCUT2D eigenvalue weighted by atomic mass is 9.96. The normalized spacial score (nSPS) is 13.2. The number of aryl methyl sites for hydroxylation is 2. The van der Waals surface area contributed by atoms with Crippen molar-refractivity contribution in [3.63, 3.8) is 0 Å². The zero-order valence-corrected chi connectivity index (χ0v) is 18.5. The summed E-state index contributed by atoms with van der Waals surface area (Å²) in [6.07, 6.45) is 7.32. The van der Waals surface area contributed by atoms with Gasteiger partial charge in [-0.2, -0.15) is 10.5 Å². The van der Waals surface area contributed by atoms with Crippen LogP contribution in [0.1, 0.15) is 40.1 Å². The summed E-state index contributed by atoms with van der Waals surface area (Å²) in [6.45, 7) is 1.93. The maximum atomic E-state index is 12.9. The Hall–Kier alpha value is -3.32. The van der Waals surface area contributed by atoms with E-state index in [0.29, 0.717) is 21.3 Å². The summed E-state index contributed by atoms with van der Waals surface area (Å²) < 4.78 is 1.86. The van der Waals surface area contributed by atoms with E-state index in [1.54, 1.807) is 6.08 Å². The van der Waals surface area contributed by atoms with E-state index in [-0.39, 0.29) is 5.57 Å². The second kappa shape index (κ2) is 8.81. The van der Waals surface area contributed by atoms with Crippen molar-refractivity contribution in [2.24, 2.45) is 0 Å². The van der Waals surface area contributed by atoms with Gasteiger partial charge in [0.1, 0.15) is 22.7 Å². The zero-order valence-electron chi connectivity index (χ0n) is 16.9. The molecule has 0 unspecified atom stereocenters. The fraction of sp³-hybridized carbons (Fsp3) is 0.208. The molecule has 1 aromatic carbocycles. The maximum absolute atomic E-state index is 12.9. The lowest BCUT2D eigenvalue weighted by molar-refractivity contribution is -0.112. The summed E-state index contributed by atoms with van der Waals surface area (Å²) in [5.41, 5.74) is 4.02. The number of fused-ring (bicyclic) bond motifs is 1. The molecule has 0 atom stereocenters. The molecule has 0 saturated heterocycles. The number of nitriles is 2. The van der Waals surface area contributed by atoms with Crippen LogP contribution in [0.25, 0.3) is 11.8 Å². The number of hydrogen-bond donors (Lipinski definition) is 1. The minimum Gasteiger partial charge on any atom is -0.317 e. The second-order valence-corrected chi connectivity index (χ2v) is 8.90. The van der Waals surface area contributed by atoms with Crippen molar-refractivity contribution in [1.29, 1.82) is 10.5 Å². The van der Waals surface area contributed by atoms with Crippen LogP contribution in [0, 0.1) is 29.6 Å². The number of anilines is 1. The number of thiophene rings is 1. The number of benzene rings is 1. The first-order valence-corrected chi connectivity index (χ1v) is 11.1. The van der Waals surface area contributed by atoms with Crippen molar-refractivity contribution < 1.29 is 4.79 Å². The zero-order chi connectivity index (χ0) is 22.0. The van der Waals surface area contributed by atoms with Crippen LogP contribution in [0.3, 0.4) is 0 Å². The Labute approximate surface area is 189 Å². The molecule has 1 N–H and O–H groups in total. The van der Waals surface area contributed by atoms with Gasteiger partial charge in [-0.1, -0.05) is 17.7 Å². The topological polar surface area (TPSA) is 81.6 Å². The van der Waals surface area contributed by atoms with Crippen LogP contribution in [0.4, 0.5) is 5.00 Å². The van der Waals surface area contributed by atoms with Crippen molar-refractivity contribution in [2.45, 2.75) is 32.6 Å². The van der Waals surface area contributed by atoms with Gasteiger partial charge < -0.3 is 9.88 Å². The summed E-state index contributed by atoms with van der Waals surface area (Å²) in [6, 6.07) is 13.6. The van der Waals surface area contributed by atoms with Crippen molar-refractivity contribution in [3.05, 3.63) is 74.4 Å². The number of carbonyl (C=O) groups is 1. The number of carbonyl (C=O) groups excluding carboxylic acids is 1. The number of hydrogen-bond acceptors (Lipinski definition) is 4. The Bertz CT molecular complexity index is 1290. The number of nitrogens with one attached hydrogen (secondary N) is 1. The summed E-state index contributed by atoms with van der Waals surface area (Å²) in [7, 11) is 0. The van der Waals surface area contributed by atoms with Gasteiger partial charge in [-0.15, -0.1) is 11.3 Å². The highest BCUT2D eigenvalue weighted by Gasteiger charge is 2.23. The van der Waals surface area contributed by atoms with Crippen LogP contribution >= 0.6 is 22.9 Å². The highest BCUT2D eigenvalue weighted by Crippen LogP contribution is 2.37. The third-order valence-corrected chi connectivity index (χ3v) is 7.00. The molecule has 0 radical (unpaired) electrons. The summed E-state index contributed by atoms with van der Waals surface area (Å²) in [5.74, 6) is -0.521. The number of rotatable bonds is 4.